The monoisotopic (exact) mass is 168 g/mol. The van der Waals surface area contributed by atoms with Crippen molar-refractivity contribution in [3.05, 3.63) is 12.2 Å². The van der Waals surface area contributed by atoms with Crippen LogP contribution < -0.4 is 0 Å². The average molecular weight is 168 g/mol. The fraction of sp³-hybridized carbons (Fsp3) is 0.833. The van der Waals surface area contributed by atoms with Crippen LogP contribution in [-0.4, -0.2) is 0 Å². The van der Waals surface area contributed by atoms with Crippen molar-refractivity contribution in [1.29, 1.82) is 0 Å². The predicted molar refractivity (Wildman–Crippen MR) is 57.3 cm³/mol. The van der Waals surface area contributed by atoms with E-state index in [0.717, 1.165) is 11.8 Å². The molecule has 0 spiro atoms. The molecule has 0 nitrogen and oxygen atoms in total. The van der Waals surface area contributed by atoms with Gasteiger partial charge in [-0.25, -0.2) is 0 Å². The molecule has 0 saturated carbocycles. The van der Waals surface area contributed by atoms with Gasteiger partial charge in [-0.3, -0.25) is 0 Å². The van der Waals surface area contributed by atoms with E-state index < -0.39 is 0 Å². The van der Waals surface area contributed by atoms with Crippen molar-refractivity contribution in [2.24, 2.45) is 11.8 Å². The zero-order chi connectivity index (χ0) is 9.40. The van der Waals surface area contributed by atoms with Crippen molar-refractivity contribution >= 4 is 0 Å². The summed E-state index contributed by atoms with van der Waals surface area (Å²) in [6.45, 7) is 9.10. The zero-order valence-electron chi connectivity index (χ0n) is 9.14. The van der Waals surface area contributed by atoms with Gasteiger partial charge in [-0.1, -0.05) is 52.7 Å². The van der Waals surface area contributed by atoms with Crippen LogP contribution in [0.15, 0.2) is 12.2 Å². The van der Waals surface area contributed by atoms with Gasteiger partial charge in [0.2, 0.25) is 0 Å². The van der Waals surface area contributed by atoms with E-state index in [9.17, 15) is 0 Å². The summed E-state index contributed by atoms with van der Waals surface area (Å²) in [6, 6.07) is 0. The molecule has 0 aliphatic heterocycles. The lowest BCUT2D eigenvalue weighted by molar-refractivity contribution is 0.498. The first kappa shape index (κ1) is 11.7. The van der Waals surface area contributed by atoms with Crippen molar-refractivity contribution in [3.63, 3.8) is 0 Å². The molecule has 0 aliphatic carbocycles. The number of hydrogen-bond donors (Lipinski definition) is 0. The van der Waals surface area contributed by atoms with Crippen molar-refractivity contribution in [2.45, 2.75) is 53.4 Å². The molecule has 0 saturated heterocycles. The first-order chi connectivity index (χ1) is 5.70. The van der Waals surface area contributed by atoms with Crippen LogP contribution in [0.4, 0.5) is 0 Å². The number of rotatable bonds is 6. The smallest absolute Gasteiger partial charge is 0.0322 e. The Morgan fingerprint density at radius 2 is 1.42 bits per heavy atom. The fourth-order valence-electron chi connectivity index (χ4n) is 1.28. The normalized spacial score (nSPS) is 12.2. The third kappa shape index (κ3) is 6.45. The second-order valence-electron chi connectivity index (χ2n) is 4.02. The number of hydrogen-bond acceptors (Lipinski definition) is 0. The molecular weight excluding hydrogens is 144 g/mol. The Labute approximate surface area is 78.1 Å². The lowest BCUT2D eigenvalue weighted by atomic mass is 9.99. The van der Waals surface area contributed by atoms with E-state index >= 15 is 0 Å². The Hall–Kier alpha value is -0.260. The Kier molecular flexibility index (Phi) is 7.23. The van der Waals surface area contributed by atoms with Crippen molar-refractivity contribution in [3.8, 4) is 0 Å². The maximum Gasteiger partial charge on any atom is -0.0322 e. The minimum atomic E-state index is 0.808. The van der Waals surface area contributed by atoms with Gasteiger partial charge >= 0.3 is 0 Å². The van der Waals surface area contributed by atoms with E-state index in [-0.39, 0.29) is 0 Å². The Morgan fingerprint density at radius 1 is 0.917 bits per heavy atom. The van der Waals surface area contributed by atoms with E-state index in [1.807, 2.05) is 0 Å². The Balaban J connectivity index is 3.44. The molecule has 72 valence electrons. The minimum absolute atomic E-state index is 0.808. The first-order valence-electron chi connectivity index (χ1n) is 5.35. The molecule has 0 aromatic rings. The molecular formula is C12H24. The van der Waals surface area contributed by atoms with Crippen LogP contribution in [0.5, 0.6) is 0 Å². The molecule has 0 heteroatoms. The van der Waals surface area contributed by atoms with Crippen molar-refractivity contribution < 1.29 is 0 Å². The molecule has 0 rings (SSSR count). The summed E-state index contributed by atoms with van der Waals surface area (Å²) in [5.41, 5.74) is 0. The summed E-state index contributed by atoms with van der Waals surface area (Å²) >= 11 is 0. The molecule has 12 heavy (non-hydrogen) atoms. The Morgan fingerprint density at radius 3 is 1.83 bits per heavy atom. The molecule has 0 amide bonds. The van der Waals surface area contributed by atoms with Gasteiger partial charge in [0.05, 0.1) is 0 Å². The van der Waals surface area contributed by atoms with Crippen molar-refractivity contribution in [2.75, 3.05) is 0 Å². The standard InChI is InChI=1S/C12H24/c1-5-12(6-2)10-8-7-9-11(3)4/h7-8,11-12H,5-6,9-10H2,1-4H3/b8-7+. The number of allylic oxidation sites excluding steroid dienone is 2. The summed E-state index contributed by atoms with van der Waals surface area (Å²) in [6.07, 6.45) is 9.85. The van der Waals surface area contributed by atoms with Crippen LogP contribution in [0.1, 0.15) is 53.4 Å². The first-order valence-corrected chi connectivity index (χ1v) is 5.35. The molecule has 0 heterocycles. The van der Waals surface area contributed by atoms with E-state index in [4.69, 9.17) is 0 Å². The van der Waals surface area contributed by atoms with Gasteiger partial charge < -0.3 is 0 Å². The van der Waals surface area contributed by atoms with E-state index in [1.165, 1.54) is 25.7 Å². The van der Waals surface area contributed by atoms with Gasteiger partial charge in [-0.15, -0.1) is 0 Å². The SMILES string of the molecule is CCC(CC)C/C=C/CC(C)C. The fourth-order valence-corrected chi connectivity index (χ4v) is 1.28. The average Bonchev–Trinajstić information content (AvgIpc) is 2.04. The van der Waals surface area contributed by atoms with Crippen LogP contribution in [0.3, 0.4) is 0 Å². The highest BCUT2D eigenvalue weighted by Gasteiger charge is 1.98. The van der Waals surface area contributed by atoms with E-state index in [2.05, 4.69) is 39.8 Å². The van der Waals surface area contributed by atoms with Crippen molar-refractivity contribution in [1.82, 2.24) is 0 Å². The second-order valence-corrected chi connectivity index (χ2v) is 4.02. The lowest BCUT2D eigenvalue weighted by Gasteiger charge is -2.07. The highest BCUT2D eigenvalue weighted by Crippen LogP contribution is 2.13. The maximum atomic E-state index is 2.36. The van der Waals surface area contributed by atoms with E-state index in [0.29, 0.717) is 0 Å². The molecule has 0 aliphatic rings. The van der Waals surface area contributed by atoms with Crippen LogP contribution in [0.25, 0.3) is 0 Å². The lowest BCUT2D eigenvalue weighted by Crippen LogP contribution is -1.93. The van der Waals surface area contributed by atoms with Crippen LogP contribution in [-0.2, 0) is 0 Å². The summed E-state index contributed by atoms with van der Waals surface area (Å²) in [7, 11) is 0. The van der Waals surface area contributed by atoms with Gasteiger partial charge in [0, 0.05) is 0 Å². The second kappa shape index (κ2) is 7.39. The maximum absolute atomic E-state index is 2.36. The summed E-state index contributed by atoms with van der Waals surface area (Å²) in [5, 5.41) is 0. The predicted octanol–water partition coefficient (Wildman–Crippen LogP) is 4.42. The van der Waals surface area contributed by atoms with Crippen LogP contribution >= 0.6 is 0 Å². The van der Waals surface area contributed by atoms with Gasteiger partial charge in [0.1, 0.15) is 0 Å². The molecule has 0 atom stereocenters. The van der Waals surface area contributed by atoms with Gasteiger partial charge in [0.25, 0.3) is 0 Å². The summed E-state index contributed by atoms with van der Waals surface area (Å²) in [5.74, 6) is 1.72. The molecule has 0 N–H and O–H groups in total. The Bertz CT molecular complexity index is 107. The van der Waals surface area contributed by atoms with Crippen LogP contribution in [0.2, 0.25) is 0 Å². The molecule has 0 radical (unpaired) electrons. The molecule has 0 fully saturated rings. The van der Waals surface area contributed by atoms with Gasteiger partial charge in [0.15, 0.2) is 0 Å². The summed E-state index contributed by atoms with van der Waals surface area (Å²) < 4.78 is 0. The van der Waals surface area contributed by atoms with E-state index in [1.54, 1.807) is 0 Å². The largest absolute Gasteiger partial charge is 0.0883 e. The topological polar surface area (TPSA) is 0 Å². The zero-order valence-corrected chi connectivity index (χ0v) is 9.14. The molecule has 0 unspecified atom stereocenters. The molecule has 0 aromatic heterocycles. The highest BCUT2D eigenvalue weighted by atomic mass is 14.0. The minimum Gasteiger partial charge on any atom is -0.0883 e. The third-order valence-electron chi connectivity index (χ3n) is 2.40. The third-order valence-corrected chi connectivity index (χ3v) is 2.40. The summed E-state index contributed by atoms with van der Waals surface area (Å²) in [4.78, 5) is 0. The molecule has 0 aromatic carbocycles. The van der Waals surface area contributed by atoms with Crippen LogP contribution in [0, 0.1) is 11.8 Å². The quantitative estimate of drug-likeness (QED) is 0.515. The highest BCUT2D eigenvalue weighted by molar-refractivity contribution is 4.84. The van der Waals surface area contributed by atoms with Gasteiger partial charge in [-0.05, 0) is 24.7 Å². The molecule has 0 bridgehead atoms. The van der Waals surface area contributed by atoms with Gasteiger partial charge in [-0.2, -0.15) is 0 Å².